The summed E-state index contributed by atoms with van der Waals surface area (Å²) in [4.78, 5) is 36.3. The minimum absolute atomic E-state index is 0.574. The van der Waals surface area contributed by atoms with Crippen LogP contribution in [0.3, 0.4) is 0 Å². The first-order valence-corrected chi connectivity index (χ1v) is 10.3. The van der Waals surface area contributed by atoms with Crippen molar-refractivity contribution in [1.29, 1.82) is 0 Å². The molecule has 0 aliphatic heterocycles. The quantitative estimate of drug-likeness (QED) is 0.278. The van der Waals surface area contributed by atoms with Gasteiger partial charge in [-0.3, -0.25) is 9.13 Å². The summed E-state index contributed by atoms with van der Waals surface area (Å²) in [5.41, 5.74) is -1.34. The first-order valence-electron chi connectivity index (χ1n) is 6.84. The van der Waals surface area contributed by atoms with Gasteiger partial charge < -0.3 is 19.6 Å². The number of rotatable bonds is 10. The Morgan fingerprint density at radius 1 is 1.05 bits per heavy atom. The van der Waals surface area contributed by atoms with Crippen molar-refractivity contribution in [3.63, 3.8) is 0 Å². The smallest absolute Gasteiger partial charge is 0.324 e. The van der Waals surface area contributed by atoms with Crippen LogP contribution in [0.1, 0.15) is 46.0 Å². The molecule has 0 aromatic rings. The van der Waals surface area contributed by atoms with Crippen LogP contribution >= 0.6 is 15.2 Å². The van der Waals surface area contributed by atoms with E-state index < -0.39 is 32.9 Å². The maximum absolute atomic E-state index is 11.3. The van der Waals surface area contributed by atoms with Gasteiger partial charge in [-0.05, 0) is 18.8 Å². The molecular weight excluding hydrogens is 302 g/mol. The van der Waals surface area contributed by atoms with Crippen LogP contribution in [0, 0.1) is 5.92 Å². The molecule has 0 heterocycles. The molecule has 0 radical (unpaired) electrons. The number of hydrogen-bond acceptors (Lipinski definition) is 2. The minimum atomic E-state index is -4.54. The third kappa shape index (κ3) is 9.87. The molecule has 8 heteroatoms. The van der Waals surface area contributed by atoms with Gasteiger partial charge in [-0.15, -0.1) is 0 Å². The Hall–Kier alpha value is 0.0400. The molecule has 6 nitrogen and oxygen atoms in total. The molecule has 0 aromatic heterocycles. The monoisotopic (exact) mass is 328 g/mol. The van der Waals surface area contributed by atoms with Crippen molar-refractivity contribution in [2.45, 2.75) is 51.6 Å². The van der Waals surface area contributed by atoms with Crippen LogP contribution in [0.15, 0.2) is 12.2 Å². The van der Waals surface area contributed by atoms with Crippen LogP contribution in [0.25, 0.3) is 0 Å². The van der Waals surface area contributed by atoms with Crippen molar-refractivity contribution < 1.29 is 28.7 Å². The summed E-state index contributed by atoms with van der Waals surface area (Å²) in [6, 6.07) is 0. The van der Waals surface area contributed by atoms with Crippen molar-refractivity contribution in [1.82, 2.24) is 0 Å². The van der Waals surface area contributed by atoms with Crippen molar-refractivity contribution in [2.75, 3.05) is 6.16 Å². The topological polar surface area (TPSA) is 115 Å². The summed E-state index contributed by atoms with van der Waals surface area (Å²) >= 11 is 0. The fraction of sp³-hybridized carbons (Fsp3) is 0.833. The van der Waals surface area contributed by atoms with Crippen LogP contribution < -0.4 is 0 Å². The summed E-state index contributed by atoms with van der Waals surface area (Å²) in [7, 11) is -8.99. The SMILES string of the molecule is CCCCCC/C=C/C(C)C(CP(=O)(O)O)P(=O)(O)O. The molecule has 0 bridgehead atoms. The van der Waals surface area contributed by atoms with Gasteiger partial charge in [0.15, 0.2) is 0 Å². The number of allylic oxidation sites excluding steroid dienone is 2. The fourth-order valence-electron chi connectivity index (χ4n) is 1.95. The molecule has 120 valence electrons. The van der Waals surface area contributed by atoms with Crippen LogP contribution in [0.2, 0.25) is 0 Å². The molecule has 2 atom stereocenters. The van der Waals surface area contributed by atoms with Crippen molar-refractivity contribution >= 4 is 15.2 Å². The largest absolute Gasteiger partial charge is 0.329 e. The van der Waals surface area contributed by atoms with Crippen LogP contribution in [-0.2, 0) is 9.13 Å². The van der Waals surface area contributed by atoms with E-state index in [-0.39, 0.29) is 0 Å². The van der Waals surface area contributed by atoms with Gasteiger partial charge in [0.25, 0.3) is 0 Å². The predicted molar refractivity (Wildman–Crippen MR) is 79.8 cm³/mol. The zero-order valence-electron chi connectivity index (χ0n) is 12.1. The van der Waals surface area contributed by atoms with E-state index in [2.05, 4.69) is 6.92 Å². The van der Waals surface area contributed by atoms with E-state index in [0.29, 0.717) is 0 Å². The highest BCUT2D eigenvalue weighted by Crippen LogP contribution is 2.51. The van der Waals surface area contributed by atoms with Crippen LogP contribution in [0.4, 0.5) is 0 Å². The first kappa shape index (κ1) is 20.0. The Labute approximate surface area is 120 Å². The van der Waals surface area contributed by atoms with Crippen LogP contribution in [0.5, 0.6) is 0 Å². The molecule has 0 aromatic carbocycles. The Bertz CT molecular complexity index is 383. The lowest BCUT2D eigenvalue weighted by Gasteiger charge is -2.23. The molecule has 0 aliphatic rings. The van der Waals surface area contributed by atoms with Crippen LogP contribution in [-0.4, -0.2) is 31.4 Å². The fourth-order valence-corrected chi connectivity index (χ4v) is 4.97. The molecule has 4 N–H and O–H groups in total. The van der Waals surface area contributed by atoms with Gasteiger partial charge in [-0.25, -0.2) is 0 Å². The summed E-state index contributed by atoms with van der Waals surface area (Å²) in [5.74, 6) is -0.574. The summed E-state index contributed by atoms with van der Waals surface area (Å²) in [6.45, 7) is 3.69. The summed E-state index contributed by atoms with van der Waals surface area (Å²) < 4.78 is 22.3. The minimum Gasteiger partial charge on any atom is -0.324 e. The lowest BCUT2D eigenvalue weighted by atomic mass is 10.1. The van der Waals surface area contributed by atoms with Gasteiger partial charge in [0, 0.05) is 0 Å². The molecule has 0 saturated heterocycles. The van der Waals surface area contributed by atoms with E-state index in [1.54, 1.807) is 13.0 Å². The lowest BCUT2D eigenvalue weighted by molar-refractivity contribution is 0.336. The van der Waals surface area contributed by atoms with E-state index in [4.69, 9.17) is 9.79 Å². The van der Waals surface area contributed by atoms with E-state index in [0.717, 1.165) is 32.1 Å². The third-order valence-electron chi connectivity index (χ3n) is 3.13. The van der Waals surface area contributed by atoms with E-state index >= 15 is 0 Å². The zero-order valence-corrected chi connectivity index (χ0v) is 13.8. The van der Waals surface area contributed by atoms with Crippen molar-refractivity contribution in [2.24, 2.45) is 5.92 Å². The Morgan fingerprint density at radius 2 is 1.65 bits per heavy atom. The molecule has 0 amide bonds. The second kappa shape index (κ2) is 9.14. The highest BCUT2D eigenvalue weighted by atomic mass is 31.2. The standard InChI is InChI=1S/C12H26O6P2/c1-3-4-5-6-7-8-9-11(2)12(20(16,17)18)10-19(13,14)15/h8-9,11-12H,3-7,10H2,1-2H3,(H2,13,14,15)(H2,16,17,18)/b9-8+. The highest BCUT2D eigenvalue weighted by Gasteiger charge is 2.37. The Morgan fingerprint density at radius 3 is 2.10 bits per heavy atom. The van der Waals surface area contributed by atoms with Gasteiger partial charge in [0.05, 0.1) is 11.8 Å². The molecule has 0 spiro atoms. The third-order valence-corrected chi connectivity index (χ3v) is 5.80. The predicted octanol–water partition coefficient (Wildman–Crippen LogP) is 2.87. The maximum atomic E-state index is 11.3. The molecule has 0 fully saturated rings. The Kier molecular flexibility index (Phi) is 9.16. The first-order chi connectivity index (χ1) is 9.08. The molecule has 20 heavy (non-hydrogen) atoms. The second-order valence-corrected chi connectivity index (χ2v) is 8.68. The van der Waals surface area contributed by atoms with Crippen molar-refractivity contribution in [3.05, 3.63) is 12.2 Å². The average molecular weight is 328 g/mol. The molecule has 0 saturated carbocycles. The summed E-state index contributed by atoms with van der Waals surface area (Å²) in [5, 5.41) is 0. The van der Waals surface area contributed by atoms with E-state index in [9.17, 15) is 18.9 Å². The van der Waals surface area contributed by atoms with Gasteiger partial charge >= 0.3 is 15.2 Å². The second-order valence-electron chi connectivity index (χ2n) is 5.14. The number of unbranched alkanes of at least 4 members (excludes halogenated alkanes) is 4. The molecule has 0 aliphatic carbocycles. The van der Waals surface area contributed by atoms with Gasteiger partial charge in [0.1, 0.15) is 0 Å². The summed E-state index contributed by atoms with van der Waals surface area (Å²) in [6.07, 6.45) is 7.92. The number of hydrogen-bond donors (Lipinski definition) is 4. The van der Waals surface area contributed by atoms with Gasteiger partial charge in [-0.1, -0.05) is 45.3 Å². The zero-order chi connectivity index (χ0) is 15.8. The van der Waals surface area contributed by atoms with E-state index in [1.165, 1.54) is 0 Å². The van der Waals surface area contributed by atoms with Crippen molar-refractivity contribution in [3.8, 4) is 0 Å². The molecular formula is C12H26O6P2. The average Bonchev–Trinajstić information content (AvgIpc) is 2.28. The molecule has 2 unspecified atom stereocenters. The van der Waals surface area contributed by atoms with Gasteiger partial charge in [-0.2, -0.15) is 0 Å². The molecule has 0 rings (SSSR count). The lowest BCUT2D eigenvalue weighted by Crippen LogP contribution is -2.21. The van der Waals surface area contributed by atoms with E-state index in [1.807, 2.05) is 6.08 Å². The Balaban J connectivity index is 4.49. The van der Waals surface area contributed by atoms with Gasteiger partial charge in [0.2, 0.25) is 0 Å². The normalized spacial score (nSPS) is 16.5. The highest BCUT2D eigenvalue weighted by molar-refractivity contribution is 7.56. The maximum Gasteiger partial charge on any atom is 0.329 e.